The van der Waals surface area contributed by atoms with Crippen molar-refractivity contribution >= 4 is 5.97 Å². The van der Waals surface area contributed by atoms with Crippen LogP contribution in [-0.2, 0) is 14.3 Å². The summed E-state index contributed by atoms with van der Waals surface area (Å²) in [4.78, 5) is 11.6. The molecule has 7 atom stereocenters. The van der Waals surface area contributed by atoms with Crippen molar-refractivity contribution in [2.75, 3.05) is 6.61 Å². The predicted molar refractivity (Wildman–Crippen MR) is 100.0 cm³/mol. The van der Waals surface area contributed by atoms with Crippen LogP contribution < -0.4 is 0 Å². The zero-order valence-electron chi connectivity index (χ0n) is 16.2. The summed E-state index contributed by atoms with van der Waals surface area (Å²) in [5, 5.41) is 0. The van der Waals surface area contributed by atoms with Gasteiger partial charge in [0.05, 0.1) is 12.7 Å². The molecule has 3 heteroatoms. The maximum Gasteiger partial charge on any atom is 0.302 e. The van der Waals surface area contributed by atoms with Crippen molar-refractivity contribution in [2.45, 2.75) is 59.7 Å². The van der Waals surface area contributed by atoms with Gasteiger partial charge in [0, 0.05) is 12.8 Å². The van der Waals surface area contributed by atoms with Crippen LogP contribution in [0.3, 0.4) is 0 Å². The molecule has 0 N–H and O–H groups in total. The highest BCUT2D eigenvalue weighted by atomic mass is 16.5. The Labute approximate surface area is 152 Å². The van der Waals surface area contributed by atoms with Crippen molar-refractivity contribution in [3.63, 3.8) is 0 Å². The highest BCUT2D eigenvalue weighted by Crippen LogP contribution is 2.54. The first-order valence-corrected chi connectivity index (χ1v) is 9.65. The number of esters is 1. The maximum absolute atomic E-state index is 11.6. The van der Waals surface area contributed by atoms with Gasteiger partial charge in [-0.25, -0.2) is 0 Å². The number of allylic oxidation sites excluding steroid dienone is 5. The lowest BCUT2D eigenvalue weighted by Gasteiger charge is -2.42. The van der Waals surface area contributed by atoms with Gasteiger partial charge in [-0.05, 0) is 57.3 Å². The molecule has 3 rings (SSSR count). The number of hydrogen-bond donors (Lipinski definition) is 0. The first-order chi connectivity index (χ1) is 11.9. The van der Waals surface area contributed by atoms with Crippen molar-refractivity contribution in [2.24, 2.45) is 29.6 Å². The van der Waals surface area contributed by atoms with Crippen molar-refractivity contribution in [1.29, 1.82) is 0 Å². The van der Waals surface area contributed by atoms with Gasteiger partial charge in [0.15, 0.2) is 0 Å². The Morgan fingerprint density at radius 3 is 2.60 bits per heavy atom. The number of fused-ring (bicyclic) bond motifs is 3. The van der Waals surface area contributed by atoms with Crippen LogP contribution >= 0.6 is 0 Å². The Balaban J connectivity index is 1.85. The fraction of sp³-hybridized carbons (Fsp3) is 0.682. The third kappa shape index (κ3) is 3.76. The second-order valence-corrected chi connectivity index (χ2v) is 8.32. The molecule has 0 bridgehead atoms. The Kier molecular flexibility index (Phi) is 5.52. The Morgan fingerprint density at radius 1 is 1.16 bits per heavy atom. The standard InChI is InChI=1S/C22H32O3/c1-13(2)7-6-8-14(3)17-11-20(25-16(5)23)18-12-24-19-10-9-15(4)21(19)22(17)18/h7-10,15,17-22H,6,11-12H2,1-5H3/b14-8-/t15-,17+,18-,19+,20-,21-,22-/m1/s1. The molecule has 1 heterocycles. The van der Waals surface area contributed by atoms with Crippen LogP contribution in [0.5, 0.6) is 0 Å². The van der Waals surface area contributed by atoms with E-state index < -0.39 is 0 Å². The fourth-order valence-electron chi connectivity index (χ4n) is 5.17. The first-order valence-electron chi connectivity index (χ1n) is 9.65. The summed E-state index contributed by atoms with van der Waals surface area (Å²) in [6.07, 6.45) is 11.3. The smallest absolute Gasteiger partial charge is 0.302 e. The minimum Gasteiger partial charge on any atom is -0.462 e. The molecule has 2 aliphatic carbocycles. The summed E-state index contributed by atoms with van der Waals surface area (Å²) >= 11 is 0. The molecule has 1 aliphatic heterocycles. The van der Waals surface area contributed by atoms with E-state index in [2.05, 4.69) is 52.0 Å². The van der Waals surface area contributed by atoms with Gasteiger partial charge in [0.2, 0.25) is 0 Å². The van der Waals surface area contributed by atoms with E-state index in [0.29, 0.717) is 36.2 Å². The summed E-state index contributed by atoms with van der Waals surface area (Å²) < 4.78 is 11.8. The van der Waals surface area contributed by atoms with E-state index in [1.807, 2.05) is 0 Å². The van der Waals surface area contributed by atoms with Crippen molar-refractivity contribution in [3.8, 4) is 0 Å². The van der Waals surface area contributed by atoms with Crippen LogP contribution in [0.2, 0.25) is 0 Å². The zero-order chi connectivity index (χ0) is 18.1. The van der Waals surface area contributed by atoms with E-state index in [-0.39, 0.29) is 18.2 Å². The number of carbonyl (C=O) groups is 1. The summed E-state index contributed by atoms with van der Waals surface area (Å²) in [5.74, 6) is 2.22. The molecular formula is C22H32O3. The summed E-state index contributed by atoms with van der Waals surface area (Å²) in [6, 6.07) is 0. The SMILES string of the molecule is CC(=O)O[C@@H]1C[C@@H](/C(C)=C\CC=C(C)C)[C@@H]2[C@@H]1CO[C@H]1C=C[C@@H](C)[C@@H]21. The molecule has 138 valence electrons. The summed E-state index contributed by atoms with van der Waals surface area (Å²) in [6.45, 7) is 11.1. The van der Waals surface area contributed by atoms with E-state index in [1.165, 1.54) is 18.1 Å². The molecule has 0 amide bonds. The Morgan fingerprint density at radius 2 is 1.92 bits per heavy atom. The Hall–Kier alpha value is -1.35. The second kappa shape index (κ2) is 7.49. The van der Waals surface area contributed by atoms with Crippen LogP contribution in [-0.4, -0.2) is 24.8 Å². The molecule has 0 aromatic carbocycles. The molecule has 2 fully saturated rings. The van der Waals surface area contributed by atoms with E-state index in [0.717, 1.165) is 12.8 Å². The Bertz CT molecular complexity index is 596. The van der Waals surface area contributed by atoms with Crippen molar-refractivity contribution in [3.05, 3.63) is 35.5 Å². The average Bonchev–Trinajstić information content (AvgIpc) is 3.08. The molecule has 1 saturated carbocycles. The average molecular weight is 344 g/mol. The lowest BCUT2D eigenvalue weighted by molar-refractivity contribution is -0.154. The van der Waals surface area contributed by atoms with Gasteiger partial charge in [0.25, 0.3) is 0 Å². The topological polar surface area (TPSA) is 35.5 Å². The van der Waals surface area contributed by atoms with Crippen LogP contribution in [0, 0.1) is 29.6 Å². The fourth-order valence-corrected chi connectivity index (χ4v) is 5.17. The molecule has 1 saturated heterocycles. The number of ether oxygens (including phenoxy) is 2. The largest absolute Gasteiger partial charge is 0.462 e. The minimum atomic E-state index is -0.171. The molecule has 0 aromatic heterocycles. The van der Waals surface area contributed by atoms with E-state index in [4.69, 9.17) is 9.47 Å². The molecule has 0 aromatic rings. The molecule has 0 spiro atoms. The lowest BCUT2D eigenvalue weighted by atomic mass is 9.70. The van der Waals surface area contributed by atoms with Gasteiger partial charge in [-0.3, -0.25) is 4.79 Å². The van der Waals surface area contributed by atoms with Gasteiger partial charge < -0.3 is 9.47 Å². The first kappa shape index (κ1) is 18.4. The van der Waals surface area contributed by atoms with E-state index in [1.54, 1.807) is 0 Å². The minimum absolute atomic E-state index is 0.00643. The maximum atomic E-state index is 11.6. The van der Waals surface area contributed by atoms with Gasteiger partial charge in [-0.15, -0.1) is 0 Å². The highest BCUT2D eigenvalue weighted by molar-refractivity contribution is 5.66. The predicted octanol–water partition coefficient (Wildman–Crippen LogP) is 4.69. The van der Waals surface area contributed by atoms with Crippen LogP contribution in [0.15, 0.2) is 35.5 Å². The van der Waals surface area contributed by atoms with Gasteiger partial charge in [-0.2, -0.15) is 0 Å². The normalized spacial score (nSPS) is 39.7. The zero-order valence-corrected chi connectivity index (χ0v) is 16.2. The summed E-state index contributed by atoms with van der Waals surface area (Å²) in [7, 11) is 0. The van der Waals surface area contributed by atoms with Crippen LogP contribution in [0.1, 0.15) is 47.5 Å². The number of hydrogen-bond acceptors (Lipinski definition) is 3. The van der Waals surface area contributed by atoms with E-state index >= 15 is 0 Å². The second-order valence-electron chi connectivity index (χ2n) is 8.32. The van der Waals surface area contributed by atoms with Crippen molar-refractivity contribution in [1.82, 2.24) is 0 Å². The van der Waals surface area contributed by atoms with Crippen LogP contribution in [0.4, 0.5) is 0 Å². The molecule has 3 aliphatic rings. The van der Waals surface area contributed by atoms with Gasteiger partial charge >= 0.3 is 5.97 Å². The molecule has 0 unspecified atom stereocenters. The third-order valence-corrected chi connectivity index (χ3v) is 6.31. The summed E-state index contributed by atoms with van der Waals surface area (Å²) in [5.41, 5.74) is 2.80. The van der Waals surface area contributed by atoms with Crippen LogP contribution in [0.25, 0.3) is 0 Å². The molecule has 3 nitrogen and oxygen atoms in total. The van der Waals surface area contributed by atoms with Gasteiger partial charge in [0.1, 0.15) is 6.10 Å². The molecule has 0 radical (unpaired) electrons. The lowest BCUT2D eigenvalue weighted by Crippen LogP contribution is -2.44. The third-order valence-electron chi connectivity index (χ3n) is 6.31. The molecule has 25 heavy (non-hydrogen) atoms. The van der Waals surface area contributed by atoms with E-state index in [9.17, 15) is 4.79 Å². The number of carbonyl (C=O) groups excluding carboxylic acids is 1. The molecular weight excluding hydrogens is 312 g/mol. The van der Waals surface area contributed by atoms with Crippen molar-refractivity contribution < 1.29 is 14.3 Å². The highest BCUT2D eigenvalue weighted by Gasteiger charge is 2.55. The monoisotopic (exact) mass is 344 g/mol. The number of rotatable bonds is 4. The van der Waals surface area contributed by atoms with Gasteiger partial charge in [-0.1, -0.05) is 42.4 Å². The quantitative estimate of drug-likeness (QED) is 0.548.